The van der Waals surface area contributed by atoms with E-state index in [1.807, 2.05) is 11.3 Å². The van der Waals surface area contributed by atoms with Crippen LogP contribution in [0.5, 0.6) is 0 Å². The standard InChI is InChI=1S/C55H38N2S/c1-37-13-9-23-50-48-20-5-7-25-52(48)57(54(37)50)46-19-11-17-42(36-46)41-16-10-18-45(35-41)56(43-31-27-39(28-32-43)38-14-3-2-4-15-38)44-33-29-40(30-34-44)47-22-12-24-51-49-21-6-8-26-53(49)58-55(47)51/h2-36H,1H3. The first kappa shape index (κ1) is 34.1. The molecule has 0 saturated heterocycles. The van der Waals surface area contributed by atoms with Crippen LogP contribution in [0.3, 0.4) is 0 Å². The summed E-state index contributed by atoms with van der Waals surface area (Å²) in [6, 6.07) is 77.3. The highest BCUT2D eigenvalue weighted by Crippen LogP contribution is 2.43. The number of thiophene rings is 1. The Balaban J connectivity index is 1.02. The van der Waals surface area contributed by atoms with Crippen molar-refractivity contribution >= 4 is 70.4 Å². The third kappa shape index (κ3) is 5.79. The van der Waals surface area contributed by atoms with E-state index in [0.717, 1.165) is 28.3 Å². The molecule has 0 aliphatic carbocycles. The maximum Gasteiger partial charge on any atom is 0.0570 e. The number of aromatic nitrogens is 1. The van der Waals surface area contributed by atoms with Crippen LogP contribution in [0.25, 0.3) is 81.0 Å². The normalized spacial score (nSPS) is 11.5. The third-order valence-electron chi connectivity index (χ3n) is 11.5. The van der Waals surface area contributed by atoms with E-state index in [0.29, 0.717) is 0 Å². The first-order valence-corrected chi connectivity index (χ1v) is 20.7. The second-order valence-corrected chi connectivity index (χ2v) is 16.1. The van der Waals surface area contributed by atoms with Crippen molar-refractivity contribution in [3.05, 3.63) is 218 Å². The average molecular weight is 759 g/mol. The lowest BCUT2D eigenvalue weighted by Crippen LogP contribution is -2.10. The van der Waals surface area contributed by atoms with Gasteiger partial charge in [-0.3, -0.25) is 0 Å². The first-order chi connectivity index (χ1) is 28.7. The summed E-state index contributed by atoms with van der Waals surface area (Å²) in [5, 5.41) is 5.19. The van der Waals surface area contributed by atoms with Gasteiger partial charge in [0.05, 0.1) is 11.0 Å². The van der Waals surface area contributed by atoms with Crippen molar-refractivity contribution in [2.45, 2.75) is 6.92 Å². The number of rotatable bonds is 7. The number of hydrogen-bond acceptors (Lipinski definition) is 2. The summed E-state index contributed by atoms with van der Waals surface area (Å²) in [5.41, 5.74) is 15.4. The molecule has 11 aromatic rings. The second-order valence-electron chi connectivity index (χ2n) is 15.0. The van der Waals surface area contributed by atoms with E-state index >= 15 is 0 Å². The summed E-state index contributed by atoms with van der Waals surface area (Å²) in [6.07, 6.45) is 0. The van der Waals surface area contributed by atoms with E-state index in [-0.39, 0.29) is 0 Å². The zero-order valence-corrected chi connectivity index (χ0v) is 32.8. The van der Waals surface area contributed by atoms with Crippen molar-refractivity contribution in [2.24, 2.45) is 0 Å². The van der Waals surface area contributed by atoms with Crippen molar-refractivity contribution in [1.82, 2.24) is 4.57 Å². The lowest BCUT2D eigenvalue weighted by molar-refractivity contribution is 1.17. The molecule has 0 radical (unpaired) electrons. The molecule has 274 valence electrons. The van der Waals surface area contributed by atoms with Crippen molar-refractivity contribution < 1.29 is 0 Å². The number of fused-ring (bicyclic) bond motifs is 6. The van der Waals surface area contributed by atoms with Crippen LogP contribution in [0.1, 0.15) is 5.56 Å². The Morgan fingerprint density at radius 2 is 0.983 bits per heavy atom. The second kappa shape index (κ2) is 14.1. The molecule has 11 rings (SSSR count). The molecule has 2 nitrogen and oxygen atoms in total. The minimum atomic E-state index is 1.10. The Morgan fingerprint density at radius 1 is 0.397 bits per heavy atom. The molecular weight excluding hydrogens is 721 g/mol. The minimum absolute atomic E-state index is 1.10. The molecule has 0 spiro atoms. The molecular formula is C55H38N2S. The van der Waals surface area contributed by atoms with E-state index in [1.165, 1.54) is 75.4 Å². The number of para-hydroxylation sites is 2. The molecule has 0 bridgehead atoms. The molecule has 0 atom stereocenters. The van der Waals surface area contributed by atoms with Gasteiger partial charge in [0.15, 0.2) is 0 Å². The zero-order valence-electron chi connectivity index (χ0n) is 32.0. The fraction of sp³-hybridized carbons (Fsp3) is 0.0182. The highest BCUT2D eigenvalue weighted by atomic mass is 32.1. The molecule has 58 heavy (non-hydrogen) atoms. The van der Waals surface area contributed by atoms with Gasteiger partial charge in [0.2, 0.25) is 0 Å². The lowest BCUT2D eigenvalue weighted by Gasteiger charge is -2.26. The summed E-state index contributed by atoms with van der Waals surface area (Å²) in [7, 11) is 0. The van der Waals surface area contributed by atoms with Crippen LogP contribution < -0.4 is 4.90 Å². The van der Waals surface area contributed by atoms with Gasteiger partial charge < -0.3 is 9.47 Å². The van der Waals surface area contributed by atoms with Gasteiger partial charge in [0.1, 0.15) is 0 Å². The van der Waals surface area contributed by atoms with E-state index in [4.69, 9.17) is 0 Å². The summed E-state index contributed by atoms with van der Waals surface area (Å²) in [4.78, 5) is 2.38. The van der Waals surface area contributed by atoms with Gasteiger partial charge in [0.25, 0.3) is 0 Å². The van der Waals surface area contributed by atoms with Crippen molar-refractivity contribution in [1.29, 1.82) is 0 Å². The predicted octanol–water partition coefficient (Wildman–Crippen LogP) is 15.9. The Hall–Kier alpha value is -7.20. The number of anilines is 3. The maximum atomic E-state index is 2.43. The molecule has 0 N–H and O–H groups in total. The van der Waals surface area contributed by atoms with E-state index < -0.39 is 0 Å². The molecule has 0 aliphatic rings. The number of hydrogen-bond donors (Lipinski definition) is 0. The van der Waals surface area contributed by atoms with Crippen molar-refractivity contribution in [3.8, 4) is 39.1 Å². The molecule has 3 heteroatoms. The molecule has 0 unspecified atom stereocenters. The number of benzene rings is 9. The molecule has 0 amide bonds. The fourth-order valence-corrected chi connectivity index (χ4v) is 9.99. The van der Waals surface area contributed by atoms with E-state index in [2.05, 4.69) is 229 Å². The molecule has 9 aromatic carbocycles. The third-order valence-corrected chi connectivity index (χ3v) is 12.7. The molecule has 0 fully saturated rings. The van der Waals surface area contributed by atoms with Crippen LogP contribution in [0, 0.1) is 6.92 Å². The van der Waals surface area contributed by atoms with Crippen LogP contribution in [0.4, 0.5) is 17.1 Å². The quantitative estimate of drug-likeness (QED) is 0.157. The van der Waals surface area contributed by atoms with Crippen LogP contribution >= 0.6 is 11.3 Å². The average Bonchev–Trinajstić information content (AvgIpc) is 3.85. The van der Waals surface area contributed by atoms with Gasteiger partial charge in [-0.25, -0.2) is 0 Å². The summed E-state index contributed by atoms with van der Waals surface area (Å²) >= 11 is 1.88. The Kier molecular flexibility index (Phi) is 8.27. The predicted molar refractivity (Wildman–Crippen MR) is 249 cm³/mol. The first-order valence-electron chi connectivity index (χ1n) is 19.8. The number of aryl methyl sites for hydroxylation is 1. The van der Waals surface area contributed by atoms with Gasteiger partial charge in [-0.2, -0.15) is 0 Å². The Morgan fingerprint density at radius 3 is 1.79 bits per heavy atom. The Bertz CT molecular complexity index is 3280. The largest absolute Gasteiger partial charge is 0.310 e. The van der Waals surface area contributed by atoms with Crippen LogP contribution in [0.2, 0.25) is 0 Å². The van der Waals surface area contributed by atoms with Gasteiger partial charge in [-0.15, -0.1) is 11.3 Å². The summed E-state index contributed by atoms with van der Waals surface area (Å²) < 4.78 is 5.08. The fourth-order valence-electron chi connectivity index (χ4n) is 8.75. The van der Waals surface area contributed by atoms with Crippen LogP contribution in [-0.4, -0.2) is 4.57 Å². The lowest BCUT2D eigenvalue weighted by atomic mass is 10.0. The van der Waals surface area contributed by atoms with Gasteiger partial charge in [-0.05, 0) is 107 Å². The minimum Gasteiger partial charge on any atom is -0.310 e. The molecule has 0 saturated carbocycles. The SMILES string of the molecule is Cc1cccc2c3ccccc3n(-c3cccc(-c4cccc(N(c5ccc(-c6ccccc6)cc5)c5ccc(-c6cccc7c6sc6ccccc67)cc5)c4)c3)c12. The van der Waals surface area contributed by atoms with Crippen LogP contribution in [0.15, 0.2) is 212 Å². The smallest absolute Gasteiger partial charge is 0.0570 e. The van der Waals surface area contributed by atoms with E-state index in [9.17, 15) is 0 Å². The highest BCUT2D eigenvalue weighted by molar-refractivity contribution is 7.26. The maximum absolute atomic E-state index is 2.43. The van der Waals surface area contributed by atoms with Crippen molar-refractivity contribution in [3.63, 3.8) is 0 Å². The van der Waals surface area contributed by atoms with E-state index in [1.54, 1.807) is 0 Å². The molecule has 2 heterocycles. The Labute approximate surface area is 342 Å². The van der Waals surface area contributed by atoms with Gasteiger partial charge >= 0.3 is 0 Å². The monoisotopic (exact) mass is 758 g/mol. The van der Waals surface area contributed by atoms with Crippen LogP contribution in [-0.2, 0) is 0 Å². The molecule has 2 aromatic heterocycles. The highest BCUT2D eigenvalue weighted by Gasteiger charge is 2.17. The number of nitrogens with zero attached hydrogens (tertiary/aromatic N) is 2. The zero-order chi connectivity index (χ0) is 38.6. The topological polar surface area (TPSA) is 8.17 Å². The summed E-state index contributed by atoms with van der Waals surface area (Å²) in [5.74, 6) is 0. The van der Waals surface area contributed by atoms with Gasteiger partial charge in [-0.1, -0.05) is 152 Å². The van der Waals surface area contributed by atoms with Crippen molar-refractivity contribution in [2.75, 3.05) is 4.90 Å². The summed E-state index contributed by atoms with van der Waals surface area (Å²) in [6.45, 7) is 2.21. The van der Waals surface area contributed by atoms with Gasteiger partial charge in [0, 0.05) is 53.7 Å². The molecule has 0 aliphatic heterocycles.